The Hall–Kier alpha value is -1.88. The van der Waals surface area contributed by atoms with Gasteiger partial charge >= 0.3 is 0 Å². The van der Waals surface area contributed by atoms with E-state index in [1.807, 2.05) is 38.1 Å². The third-order valence-electron chi connectivity index (χ3n) is 2.78. The van der Waals surface area contributed by atoms with Crippen molar-refractivity contribution in [3.63, 3.8) is 0 Å². The van der Waals surface area contributed by atoms with Gasteiger partial charge in [0.15, 0.2) is 0 Å². The Balaban J connectivity index is 2.70. The number of amides is 2. The van der Waals surface area contributed by atoms with Gasteiger partial charge in [-0.1, -0.05) is 18.2 Å². The summed E-state index contributed by atoms with van der Waals surface area (Å²) in [5, 5.41) is 2.81. The van der Waals surface area contributed by atoms with Crippen molar-refractivity contribution in [2.75, 3.05) is 19.0 Å². The number of rotatable bonds is 6. The zero-order chi connectivity index (χ0) is 15.1. The summed E-state index contributed by atoms with van der Waals surface area (Å²) in [5.74, 6) is -0.217. The summed E-state index contributed by atoms with van der Waals surface area (Å²) in [6, 6.07) is 7.43. The largest absolute Gasteiger partial charge is 0.369 e. The van der Waals surface area contributed by atoms with Gasteiger partial charge in [-0.05, 0) is 25.5 Å². The molecule has 1 aromatic carbocycles. The van der Waals surface area contributed by atoms with Crippen LogP contribution in [0.4, 0.5) is 5.69 Å². The number of anilines is 1. The molecule has 0 saturated carbocycles. The second-order valence-corrected chi connectivity index (χ2v) is 4.94. The summed E-state index contributed by atoms with van der Waals surface area (Å²) in [5.41, 5.74) is 1.60. The number of benzene rings is 1. The van der Waals surface area contributed by atoms with E-state index >= 15 is 0 Å². The van der Waals surface area contributed by atoms with E-state index < -0.39 is 0 Å². The standard InChI is InChI=1S/C15H22N2O3/c1-11(2)20-10-15(19)16-14-8-6-5-7-13(14)9-17(4)12(3)18/h5-8,11H,9-10H2,1-4H3,(H,16,19). The molecule has 0 aliphatic heterocycles. The lowest BCUT2D eigenvalue weighted by atomic mass is 10.1. The van der Waals surface area contributed by atoms with Crippen LogP contribution in [0.2, 0.25) is 0 Å². The van der Waals surface area contributed by atoms with Gasteiger partial charge in [0.2, 0.25) is 11.8 Å². The van der Waals surface area contributed by atoms with Crippen molar-refractivity contribution in [2.45, 2.75) is 33.4 Å². The van der Waals surface area contributed by atoms with E-state index in [2.05, 4.69) is 5.32 Å². The van der Waals surface area contributed by atoms with Crippen molar-refractivity contribution in [1.82, 2.24) is 4.90 Å². The normalized spacial score (nSPS) is 10.4. The molecule has 0 aliphatic carbocycles. The molecule has 0 saturated heterocycles. The zero-order valence-electron chi connectivity index (χ0n) is 12.5. The molecule has 0 fully saturated rings. The van der Waals surface area contributed by atoms with Crippen molar-refractivity contribution >= 4 is 17.5 Å². The average Bonchev–Trinajstić information content (AvgIpc) is 2.38. The molecule has 110 valence electrons. The highest BCUT2D eigenvalue weighted by Crippen LogP contribution is 2.16. The van der Waals surface area contributed by atoms with Crippen molar-refractivity contribution in [1.29, 1.82) is 0 Å². The van der Waals surface area contributed by atoms with E-state index in [1.54, 1.807) is 11.9 Å². The maximum absolute atomic E-state index is 11.8. The molecular weight excluding hydrogens is 256 g/mol. The summed E-state index contributed by atoms with van der Waals surface area (Å²) >= 11 is 0. The van der Waals surface area contributed by atoms with Gasteiger partial charge in [0, 0.05) is 26.2 Å². The molecular formula is C15H22N2O3. The summed E-state index contributed by atoms with van der Waals surface area (Å²) < 4.78 is 5.26. The third kappa shape index (κ3) is 5.40. The lowest BCUT2D eigenvalue weighted by Gasteiger charge is -2.18. The molecule has 0 aliphatic rings. The predicted octanol–water partition coefficient (Wildman–Crippen LogP) is 2.03. The third-order valence-corrected chi connectivity index (χ3v) is 2.78. The molecule has 0 spiro atoms. The minimum atomic E-state index is -0.198. The van der Waals surface area contributed by atoms with Crippen LogP contribution in [0, 0.1) is 0 Å². The molecule has 5 nitrogen and oxygen atoms in total. The van der Waals surface area contributed by atoms with Gasteiger partial charge in [-0.25, -0.2) is 0 Å². The van der Waals surface area contributed by atoms with Gasteiger partial charge in [-0.15, -0.1) is 0 Å². The van der Waals surface area contributed by atoms with Crippen LogP contribution in [0.1, 0.15) is 26.3 Å². The highest BCUT2D eigenvalue weighted by Gasteiger charge is 2.10. The summed E-state index contributed by atoms with van der Waals surface area (Å²) in [7, 11) is 1.73. The Kier molecular flexibility index (Phi) is 6.18. The number of nitrogens with one attached hydrogen (secondary N) is 1. The van der Waals surface area contributed by atoms with Crippen LogP contribution < -0.4 is 5.32 Å². The number of carbonyl (C=O) groups is 2. The van der Waals surface area contributed by atoms with Gasteiger partial charge in [0.1, 0.15) is 6.61 Å². The Morgan fingerprint density at radius 1 is 1.30 bits per heavy atom. The second-order valence-electron chi connectivity index (χ2n) is 4.94. The van der Waals surface area contributed by atoms with E-state index in [4.69, 9.17) is 4.74 Å². The number of hydrogen-bond donors (Lipinski definition) is 1. The fraction of sp³-hybridized carbons (Fsp3) is 0.467. The molecule has 0 aromatic heterocycles. The maximum atomic E-state index is 11.8. The quantitative estimate of drug-likeness (QED) is 0.866. The first kappa shape index (κ1) is 16.2. The van der Waals surface area contributed by atoms with Crippen LogP contribution in [-0.2, 0) is 20.9 Å². The first-order valence-electron chi connectivity index (χ1n) is 6.61. The Bertz CT molecular complexity index is 472. The predicted molar refractivity (Wildman–Crippen MR) is 78.3 cm³/mol. The number of carbonyl (C=O) groups excluding carboxylic acids is 2. The van der Waals surface area contributed by atoms with Crippen molar-refractivity contribution in [3.05, 3.63) is 29.8 Å². The first-order valence-corrected chi connectivity index (χ1v) is 6.61. The van der Waals surface area contributed by atoms with E-state index in [9.17, 15) is 9.59 Å². The number of hydrogen-bond acceptors (Lipinski definition) is 3. The molecule has 1 rings (SSSR count). The molecule has 0 radical (unpaired) electrons. The van der Waals surface area contributed by atoms with Gasteiger partial charge in [-0.2, -0.15) is 0 Å². The monoisotopic (exact) mass is 278 g/mol. The molecule has 1 aromatic rings. The number of ether oxygens (including phenoxy) is 1. The Morgan fingerprint density at radius 3 is 2.55 bits per heavy atom. The highest BCUT2D eigenvalue weighted by atomic mass is 16.5. The van der Waals surface area contributed by atoms with Gasteiger partial charge in [0.05, 0.1) is 6.10 Å². The minimum absolute atomic E-state index is 0.0137. The minimum Gasteiger partial charge on any atom is -0.369 e. The molecule has 0 heterocycles. The van der Waals surface area contributed by atoms with Crippen LogP contribution in [0.3, 0.4) is 0 Å². The van der Waals surface area contributed by atoms with Crippen LogP contribution in [0.5, 0.6) is 0 Å². The molecule has 0 unspecified atom stereocenters. The topological polar surface area (TPSA) is 58.6 Å². The lowest BCUT2D eigenvalue weighted by molar-refractivity contribution is -0.128. The van der Waals surface area contributed by atoms with Crippen LogP contribution in [0.15, 0.2) is 24.3 Å². The Labute approximate surface area is 119 Å². The highest BCUT2D eigenvalue weighted by molar-refractivity contribution is 5.92. The zero-order valence-corrected chi connectivity index (χ0v) is 12.5. The molecule has 0 atom stereocenters. The fourth-order valence-corrected chi connectivity index (χ4v) is 1.58. The van der Waals surface area contributed by atoms with Crippen LogP contribution in [-0.4, -0.2) is 36.5 Å². The summed E-state index contributed by atoms with van der Waals surface area (Å²) in [6.45, 7) is 5.75. The van der Waals surface area contributed by atoms with Crippen LogP contribution >= 0.6 is 0 Å². The summed E-state index contributed by atoms with van der Waals surface area (Å²) in [6.07, 6.45) is 0.0137. The molecule has 2 amide bonds. The van der Waals surface area contributed by atoms with Crippen LogP contribution in [0.25, 0.3) is 0 Å². The molecule has 0 bridgehead atoms. The number of para-hydroxylation sites is 1. The van der Waals surface area contributed by atoms with Gasteiger partial charge < -0.3 is 15.0 Å². The molecule has 1 N–H and O–H groups in total. The lowest BCUT2D eigenvalue weighted by Crippen LogP contribution is -2.25. The fourth-order valence-electron chi connectivity index (χ4n) is 1.58. The van der Waals surface area contributed by atoms with E-state index in [0.717, 1.165) is 5.56 Å². The van der Waals surface area contributed by atoms with E-state index in [-0.39, 0.29) is 24.5 Å². The van der Waals surface area contributed by atoms with Crippen molar-refractivity contribution in [2.24, 2.45) is 0 Å². The average molecular weight is 278 g/mol. The van der Waals surface area contributed by atoms with E-state index in [1.165, 1.54) is 6.92 Å². The van der Waals surface area contributed by atoms with Crippen molar-refractivity contribution in [3.8, 4) is 0 Å². The van der Waals surface area contributed by atoms with Gasteiger partial charge in [-0.3, -0.25) is 9.59 Å². The van der Waals surface area contributed by atoms with Crippen molar-refractivity contribution < 1.29 is 14.3 Å². The van der Waals surface area contributed by atoms with E-state index in [0.29, 0.717) is 12.2 Å². The number of nitrogens with zero attached hydrogens (tertiary/aromatic N) is 1. The SMILES string of the molecule is CC(=O)N(C)Cc1ccccc1NC(=O)COC(C)C. The maximum Gasteiger partial charge on any atom is 0.250 e. The summed E-state index contributed by atoms with van der Waals surface area (Å²) in [4.78, 5) is 24.6. The molecule has 5 heteroatoms. The second kappa shape index (κ2) is 7.65. The Morgan fingerprint density at radius 2 is 1.95 bits per heavy atom. The molecule has 20 heavy (non-hydrogen) atoms. The first-order chi connectivity index (χ1) is 9.40. The van der Waals surface area contributed by atoms with Gasteiger partial charge in [0.25, 0.3) is 0 Å². The smallest absolute Gasteiger partial charge is 0.250 e.